The van der Waals surface area contributed by atoms with Crippen molar-refractivity contribution in [2.45, 2.75) is 53.2 Å². The van der Waals surface area contributed by atoms with E-state index in [1.165, 1.54) is 0 Å². The van der Waals surface area contributed by atoms with Crippen LogP contribution in [0.1, 0.15) is 41.0 Å². The third-order valence-corrected chi connectivity index (χ3v) is 3.88. The topological polar surface area (TPSA) is 35.6 Å². The summed E-state index contributed by atoms with van der Waals surface area (Å²) in [6, 6.07) is 0.0223. The highest BCUT2D eigenvalue weighted by atomic mass is 16.2. The molecule has 0 spiro atoms. The molecule has 0 aromatic rings. The molecule has 1 aliphatic heterocycles. The van der Waals surface area contributed by atoms with E-state index in [0.29, 0.717) is 5.92 Å². The Morgan fingerprint density at radius 1 is 1.28 bits per heavy atom. The summed E-state index contributed by atoms with van der Waals surface area (Å²) in [6.07, 6.45) is 1.09. The van der Waals surface area contributed by atoms with Gasteiger partial charge in [0.25, 0.3) is 0 Å². The van der Waals surface area contributed by atoms with Crippen LogP contribution in [0.25, 0.3) is 0 Å². The van der Waals surface area contributed by atoms with Crippen molar-refractivity contribution in [2.24, 2.45) is 5.92 Å². The number of carbonyl (C=O) groups is 1. The molecule has 0 bridgehead atoms. The molecule has 1 heterocycles. The lowest BCUT2D eigenvalue weighted by atomic mass is 10.1. The molecule has 0 aromatic carbocycles. The summed E-state index contributed by atoms with van der Waals surface area (Å²) in [5, 5.41) is 3.46. The lowest BCUT2D eigenvalue weighted by Gasteiger charge is -2.29. The lowest BCUT2D eigenvalue weighted by molar-refractivity contribution is -0.130. The molecular formula is C14H29N3O. The molecule has 4 heteroatoms. The Morgan fingerprint density at radius 2 is 1.89 bits per heavy atom. The Morgan fingerprint density at radius 3 is 2.33 bits per heavy atom. The fraction of sp³-hybridized carbons (Fsp3) is 0.929. The maximum absolute atomic E-state index is 12.3. The zero-order chi connectivity index (χ0) is 13.7. The molecule has 4 nitrogen and oxygen atoms in total. The monoisotopic (exact) mass is 255 g/mol. The number of rotatable bonds is 7. The average Bonchev–Trinajstić information content (AvgIpc) is 2.68. The van der Waals surface area contributed by atoms with Gasteiger partial charge in [-0.15, -0.1) is 0 Å². The van der Waals surface area contributed by atoms with E-state index < -0.39 is 0 Å². The van der Waals surface area contributed by atoms with Crippen LogP contribution >= 0.6 is 0 Å². The van der Waals surface area contributed by atoms with Crippen molar-refractivity contribution in [3.63, 3.8) is 0 Å². The van der Waals surface area contributed by atoms with E-state index in [1.807, 2.05) is 4.90 Å². The van der Waals surface area contributed by atoms with Crippen molar-refractivity contribution in [2.75, 3.05) is 26.2 Å². The first-order valence-corrected chi connectivity index (χ1v) is 7.33. The van der Waals surface area contributed by atoms with Crippen LogP contribution in [-0.4, -0.2) is 54.1 Å². The average molecular weight is 255 g/mol. The Balaban J connectivity index is 2.62. The van der Waals surface area contributed by atoms with E-state index in [-0.39, 0.29) is 18.1 Å². The molecule has 106 valence electrons. The predicted molar refractivity (Wildman–Crippen MR) is 75.3 cm³/mol. The van der Waals surface area contributed by atoms with Gasteiger partial charge in [-0.25, -0.2) is 0 Å². The predicted octanol–water partition coefficient (Wildman–Crippen LogP) is 1.52. The molecule has 1 amide bonds. The van der Waals surface area contributed by atoms with Crippen LogP contribution in [0.15, 0.2) is 0 Å². The zero-order valence-corrected chi connectivity index (χ0v) is 12.6. The summed E-state index contributed by atoms with van der Waals surface area (Å²) in [7, 11) is 0. The molecule has 1 aliphatic rings. The first-order valence-electron chi connectivity index (χ1n) is 7.33. The van der Waals surface area contributed by atoms with Gasteiger partial charge in [0.1, 0.15) is 0 Å². The Labute approximate surface area is 112 Å². The number of hydrogen-bond acceptors (Lipinski definition) is 3. The van der Waals surface area contributed by atoms with Crippen molar-refractivity contribution < 1.29 is 4.79 Å². The quantitative estimate of drug-likeness (QED) is 0.749. The number of nitrogens with one attached hydrogen (secondary N) is 1. The van der Waals surface area contributed by atoms with Crippen molar-refractivity contribution >= 4 is 5.91 Å². The number of carbonyl (C=O) groups excluding carboxylic acids is 1. The van der Waals surface area contributed by atoms with E-state index in [4.69, 9.17) is 0 Å². The summed E-state index contributed by atoms with van der Waals surface area (Å²) < 4.78 is 0. The number of amides is 1. The lowest BCUT2D eigenvalue weighted by Crippen LogP contribution is -2.45. The fourth-order valence-electron chi connectivity index (χ4n) is 2.59. The van der Waals surface area contributed by atoms with E-state index in [0.717, 1.165) is 32.6 Å². The molecule has 0 saturated carbocycles. The fourth-order valence-corrected chi connectivity index (χ4v) is 2.59. The summed E-state index contributed by atoms with van der Waals surface area (Å²) in [5.74, 6) is 0.741. The molecule has 2 atom stereocenters. The molecule has 0 radical (unpaired) electrons. The largest absolute Gasteiger partial charge is 0.324 e. The summed E-state index contributed by atoms with van der Waals surface area (Å²) >= 11 is 0. The minimum atomic E-state index is 0.0223. The Bertz CT molecular complexity index is 264. The maximum atomic E-state index is 12.3. The van der Waals surface area contributed by atoms with Gasteiger partial charge in [-0.2, -0.15) is 0 Å². The van der Waals surface area contributed by atoms with Gasteiger partial charge >= 0.3 is 0 Å². The first-order chi connectivity index (χ1) is 8.54. The normalized spacial score (nSPS) is 24.6. The van der Waals surface area contributed by atoms with Crippen molar-refractivity contribution in [3.8, 4) is 0 Å². The molecule has 1 rings (SSSR count). The Hall–Kier alpha value is -0.610. The smallest absolute Gasteiger partial charge is 0.241 e. The van der Waals surface area contributed by atoms with Crippen LogP contribution in [-0.2, 0) is 4.79 Å². The third kappa shape index (κ3) is 3.45. The minimum absolute atomic E-state index is 0.0223. The zero-order valence-electron chi connectivity index (χ0n) is 12.6. The minimum Gasteiger partial charge on any atom is -0.324 e. The standard InChI is InChI=1S/C14H29N3O/c1-6-12-14(18)17(13(15-12)11(4)5)10-9-16(7-2)8-3/h11-13,15H,6-10H2,1-5H3. The summed E-state index contributed by atoms with van der Waals surface area (Å²) in [5.41, 5.74) is 0. The highest BCUT2D eigenvalue weighted by Crippen LogP contribution is 2.18. The molecule has 0 aliphatic carbocycles. The number of likely N-dealkylation sites (N-methyl/N-ethyl adjacent to an activating group) is 1. The first kappa shape index (κ1) is 15.4. The molecule has 0 aromatic heterocycles. The van der Waals surface area contributed by atoms with Gasteiger partial charge in [-0.05, 0) is 25.4 Å². The molecule has 2 unspecified atom stereocenters. The van der Waals surface area contributed by atoms with Gasteiger partial charge in [-0.1, -0.05) is 34.6 Å². The van der Waals surface area contributed by atoms with Gasteiger partial charge < -0.3 is 9.80 Å². The van der Waals surface area contributed by atoms with Crippen LogP contribution in [0, 0.1) is 5.92 Å². The van der Waals surface area contributed by atoms with E-state index in [9.17, 15) is 4.79 Å². The van der Waals surface area contributed by atoms with E-state index >= 15 is 0 Å². The van der Waals surface area contributed by atoms with Gasteiger partial charge in [0.2, 0.25) is 5.91 Å². The van der Waals surface area contributed by atoms with Crippen LogP contribution in [0.5, 0.6) is 0 Å². The number of nitrogens with zero attached hydrogens (tertiary/aromatic N) is 2. The summed E-state index contributed by atoms with van der Waals surface area (Å²) in [4.78, 5) is 16.7. The molecule has 1 N–H and O–H groups in total. The van der Waals surface area contributed by atoms with E-state index in [2.05, 4.69) is 44.8 Å². The van der Waals surface area contributed by atoms with Crippen molar-refractivity contribution in [1.82, 2.24) is 15.1 Å². The van der Waals surface area contributed by atoms with Crippen molar-refractivity contribution in [3.05, 3.63) is 0 Å². The van der Waals surface area contributed by atoms with Gasteiger partial charge in [0.05, 0.1) is 12.2 Å². The van der Waals surface area contributed by atoms with Crippen LogP contribution < -0.4 is 5.32 Å². The van der Waals surface area contributed by atoms with Gasteiger partial charge in [0.15, 0.2) is 0 Å². The molecule has 1 saturated heterocycles. The van der Waals surface area contributed by atoms with Gasteiger partial charge in [0, 0.05) is 13.1 Å². The number of hydrogen-bond donors (Lipinski definition) is 1. The second-order valence-corrected chi connectivity index (χ2v) is 5.37. The SMILES string of the molecule is CCC1NC(C(C)C)N(CCN(CC)CC)C1=O. The van der Waals surface area contributed by atoms with Crippen molar-refractivity contribution in [1.29, 1.82) is 0 Å². The van der Waals surface area contributed by atoms with E-state index in [1.54, 1.807) is 0 Å². The second-order valence-electron chi connectivity index (χ2n) is 5.37. The third-order valence-electron chi connectivity index (χ3n) is 3.88. The molecule has 1 fully saturated rings. The highest BCUT2D eigenvalue weighted by molar-refractivity contribution is 5.84. The van der Waals surface area contributed by atoms with Gasteiger partial charge in [-0.3, -0.25) is 10.1 Å². The highest BCUT2D eigenvalue weighted by Gasteiger charge is 2.38. The second kappa shape index (κ2) is 7.10. The Kier molecular flexibility index (Phi) is 6.09. The molecular weight excluding hydrogens is 226 g/mol. The van der Waals surface area contributed by atoms with Crippen LogP contribution in [0.2, 0.25) is 0 Å². The summed E-state index contributed by atoms with van der Waals surface area (Å²) in [6.45, 7) is 14.7. The van der Waals surface area contributed by atoms with Crippen LogP contribution in [0.3, 0.4) is 0 Å². The molecule has 18 heavy (non-hydrogen) atoms. The van der Waals surface area contributed by atoms with Crippen LogP contribution in [0.4, 0.5) is 0 Å². The maximum Gasteiger partial charge on any atom is 0.241 e.